The van der Waals surface area contributed by atoms with Crippen LogP contribution in [-0.2, 0) is 19.2 Å². The number of β-lactam (4-membered cyclic amide) rings is 1. The van der Waals surface area contributed by atoms with Gasteiger partial charge in [0, 0.05) is 29.5 Å². The van der Waals surface area contributed by atoms with Crippen LogP contribution < -0.4 is 16.4 Å². The standard InChI is InChI=1S/C20H29N5O6S/c1-9(22)17(27)24-10(2)18(28)23-7-5-12-14-13(11(3)26)19(29)25(14)15(20(30)31)16(12)32-8-4-6-21/h9-14,26H,4-5,7-8,22H2,1-3H3,(H,23,28)(H,24,27)(H,30,31)/t9-,10-,11+,12+,13+,14+/m0/s1. The number of carbonyl (C=O) groups is 4. The maximum atomic E-state index is 12.5. The van der Waals surface area contributed by atoms with Gasteiger partial charge in [-0.05, 0) is 27.2 Å². The molecule has 6 N–H and O–H groups in total. The third-order valence-electron chi connectivity index (χ3n) is 5.53. The highest BCUT2D eigenvalue weighted by Crippen LogP contribution is 2.51. The number of fused-ring (bicyclic) bond motifs is 1. The summed E-state index contributed by atoms with van der Waals surface area (Å²) in [4.78, 5) is 50.1. The zero-order chi connectivity index (χ0) is 24.2. The molecule has 32 heavy (non-hydrogen) atoms. The minimum absolute atomic E-state index is 0.117. The Kier molecular flexibility index (Phi) is 8.65. The van der Waals surface area contributed by atoms with Crippen LogP contribution in [0.1, 0.15) is 33.6 Å². The Morgan fingerprint density at radius 1 is 1.28 bits per heavy atom. The van der Waals surface area contributed by atoms with E-state index in [1.807, 2.05) is 6.07 Å². The molecule has 0 aromatic heterocycles. The Morgan fingerprint density at radius 2 is 1.94 bits per heavy atom. The molecule has 11 nitrogen and oxygen atoms in total. The Hall–Kier alpha value is -2.62. The molecule has 1 fully saturated rings. The van der Waals surface area contributed by atoms with E-state index in [0.29, 0.717) is 17.1 Å². The highest BCUT2D eigenvalue weighted by atomic mass is 32.2. The number of aliphatic hydroxyl groups is 1. The van der Waals surface area contributed by atoms with E-state index in [9.17, 15) is 29.4 Å². The van der Waals surface area contributed by atoms with E-state index in [-0.39, 0.29) is 18.7 Å². The van der Waals surface area contributed by atoms with Crippen molar-refractivity contribution in [2.75, 3.05) is 12.3 Å². The Balaban J connectivity index is 2.14. The van der Waals surface area contributed by atoms with E-state index in [1.165, 1.54) is 37.4 Å². The summed E-state index contributed by atoms with van der Waals surface area (Å²) >= 11 is 1.21. The first-order chi connectivity index (χ1) is 15.0. The zero-order valence-electron chi connectivity index (χ0n) is 18.2. The number of aliphatic carboxylic acids is 1. The molecule has 3 amide bonds. The van der Waals surface area contributed by atoms with Crippen LogP contribution in [-0.4, -0.2) is 75.3 Å². The average Bonchev–Trinajstić information content (AvgIpc) is 2.97. The average molecular weight is 468 g/mol. The van der Waals surface area contributed by atoms with Gasteiger partial charge in [0.2, 0.25) is 17.7 Å². The van der Waals surface area contributed by atoms with Crippen LogP contribution in [0.4, 0.5) is 0 Å². The Bertz CT molecular complexity index is 852. The van der Waals surface area contributed by atoms with Gasteiger partial charge in [-0.3, -0.25) is 14.4 Å². The second kappa shape index (κ2) is 10.8. The third kappa shape index (κ3) is 5.23. The molecule has 0 saturated carbocycles. The number of nitriles is 1. The minimum Gasteiger partial charge on any atom is -0.477 e. The van der Waals surface area contributed by atoms with Crippen molar-refractivity contribution in [3.63, 3.8) is 0 Å². The fraction of sp³-hybridized carbons (Fsp3) is 0.650. The fourth-order valence-electron chi connectivity index (χ4n) is 3.97. The van der Waals surface area contributed by atoms with E-state index in [1.54, 1.807) is 0 Å². The lowest BCUT2D eigenvalue weighted by Gasteiger charge is -2.47. The van der Waals surface area contributed by atoms with Crippen LogP contribution in [0, 0.1) is 23.2 Å². The lowest BCUT2D eigenvalue weighted by Crippen LogP contribution is -2.64. The van der Waals surface area contributed by atoms with Crippen LogP contribution in [0.5, 0.6) is 0 Å². The van der Waals surface area contributed by atoms with Crippen molar-refractivity contribution in [3.05, 3.63) is 10.6 Å². The summed E-state index contributed by atoms with van der Waals surface area (Å²) in [7, 11) is 0. The van der Waals surface area contributed by atoms with Gasteiger partial charge in [-0.1, -0.05) is 0 Å². The number of carbonyl (C=O) groups excluding carboxylic acids is 3. The number of rotatable bonds is 11. The van der Waals surface area contributed by atoms with Gasteiger partial charge in [-0.15, -0.1) is 11.8 Å². The van der Waals surface area contributed by atoms with Crippen LogP contribution in [0.2, 0.25) is 0 Å². The molecule has 176 valence electrons. The first-order valence-corrected chi connectivity index (χ1v) is 11.3. The number of carboxylic acids is 1. The first-order valence-electron chi connectivity index (χ1n) is 10.3. The van der Waals surface area contributed by atoms with Gasteiger partial charge in [-0.2, -0.15) is 5.26 Å². The SMILES string of the molecule is C[C@H](N)C(=O)N[C@@H](C)C(=O)NCC[C@H]1C(SCCC#N)=C(C(=O)O)N2C(=O)[C@H]([C@@H](C)O)[C@@H]12. The predicted molar refractivity (Wildman–Crippen MR) is 116 cm³/mol. The number of hydrogen-bond acceptors (Lipinski definition) is 8. The molecule has 2 heterocycles. The van der Waals surface area contributed by atoms with Gasteiger partial charge in [0.15, 0.2) is 0 Å². The van der Waals surface area contributed by atoms with Crippen molar-refractivity contribution in [1.82, 2.24) is 15.5 Å². The monoisotopic (exact) mass is 467 g/mol. The fourth-order valence-corrected chi connectivity index (χ4v) is 5.18. The van der Waals surface area contributed by atoms with E-state index in [2.05, 4.69) is 10.6 Å². The number of thioether (sulfide) groups is 1. The van der Waals surface area contributed by atoms with E-state index in [0.717, 1.165) is 0 Å². The predicted octanol–water partition coefficient (Wildman–Crippen LogP) is -0.875. The summed E-state index contributed by atoms with van der Waals surface area (Å²) < 4.78 is 0. The molecule has 2 aliphatic heterocycles. The van der Waals surface area contributed by atoms with Crippen LogP contribution in [0.15, 0.2) is 10.6 Å². The van der Waals surface area contributed by atoms with Crippen molar-refractivity contribution in [3.8, 4) is 6.07 Å². The lowest BCUT2D eigenvalue weighted by molar-refractivity contribution is -0.163. The third-order valence-corrected chi connectivity index (χ3v) is 6.74. The van der Waals surface area contributed by atoms with Crippen molar-refractivity contribution in [2.24, 2.45) is 17.6 Å². The number of nitrogens with two attached hydrogens (primary N) is 1. The van der Waals surface area contributed by atoms with Crippen molar-refractivity contribution in [2.45, 2.75) is 57.8 Å². The molecule has 1 saturated heterocycles. The summed E-state index contributed by atoms with van der Waals surface area (Å²) in [5, 5.41) is 33.8. The largest absolute Gasteiger partial charge is 0.477 e. The minimum atomic E-state index is -1.24. The van der Waals surface area contributed by atoms with Crippen LogP contribution in [0.3, 0.4) is 0 Å². The van der Waals surface area contributed by atoms with Gasteiger partial charge < -0.3 is 31.5 Å². The molecule has 12 heteroatoms. The summed E-state index contributed by atoms with van der Waals surface area (Å²) in [6, 6.07) is -0.0769. The molecular formula is C20H29N5O6S. The van der Waals surface area contributed by atoms with E-state index < -0.39 is 59.8 Å². The number of nitrogens with one attached hydrogen (secondary N) is 2. The number of amides is 3. The summed E-state index contributed by atoms with van der Waals surface area (Å²) in [5.41, 5.74) is 5.36. The molecule has 0 aromatic carbocycles. The number of nitrogens with zero attached hydrogens (tertiary/aromatic N) is 2. The second-order valence-electron chi connectivity index (χ2n) is 7.94. The summed E-state index contributed by atoms with van der Waals surface area (Å²) in [6.07, 6.45) is -0.421. The highest BCUT2D eigenvalue weighted by Gasteiger charge is 2.60. The maximum Gasteiger partial charge on any atom is 0.353 e. The molecule has 2 rings (SSSR count). The van der Waals surface area contributed by atoms with Crippen LogP contribution >= 0.6 is 11.8 Å². The van der Waals surface area contributed by atoms with Gasteiger partial charge in [0.1, 0.15) is 11.7 Å². The van der Waals surface area contributed by atoms with E-state index >= 15 is 0 Å². The molecule has 2 aliphatic rings. The molecule has 0 aromatic rings. The van der Waals surface area contributed by atoms with Gasteiger partial charge in [0.25, 0.3) is 0 Å². The molecule has 0 radical (unpaired) electrons. The van der Waals surface area contributed by atoms with Crippen molar-refractivity contribution < 1.29 is 29.4 Å². The van der Waals surface area contributed by atoms with Gasteiger partial charge in [-0.25, -0.2) is 4.79 Å². The number of carboxylic acid groups (broad SMARTS) is 1. The maximum absolute atomic E-state index is 12.5. The molecule has 0 aliphatic carbocycles. The number of hydrogen-bond donors (Lipinski definition) is 5. The molecule has 6 atom stereocenters. The molecule has 0 unspecified atom stereocenters. The van der Waals surface area contributed by atoms with Gasteiger partial charge >= 0.3 is 5.97 Å². The Morgan fingerprint density at radius 3 is 2.47 bits per heavy atom. The number of aliphatic hydroxyl groups excluding tert-OH is 1. The quantitative estimate of drug-likeness (QED) is 0.190. The van der Waals surface area contributed by atoms with Crippen LogP contribution in [0.25, 0.3) is 0 Å². The Labute approximate surface area is 190 Å². The van der Waals surface area contributed by atoms with E-state index in [4.69, 9.17) is 11.0 Å². The van der Waals surface area contributed by atoms with Crippen molar-refractivity contribution in [1.29, 1.82) is 5.26 Å². The topological polar surface area (TPSA) is 186 Å². The molecule has 0 spiro atoms. The summed E-state index contributed by atoms with van der Waals surface area (Å²) in [6.45, 7) is 4.68. The molecular weight excluding hydrogens is 438 g/mol. The zero-order valence-corrected chi connectivity index (χ0v) is 19.0. The highest BCUT2D eigenvalue weighted by molar-refractivity contribution is 8.03. The van der Waals surface area contributed by atoms with Gasteiger partial charge in [0.05, 0.1) is 30.2 Å². The molecule has 0 bridgehead atoms. The normalized spacial score (nSPS) is 24.7. The lowest BCUT2D eigenvalue weighted by atomic mass is 9.77. The smallest absolute Gasteiger partial charge is 0.353 e. The first kappa shape index (κ1) is 25.6. The summed E-state index contributed by atoms with van der Waals surface area (Å²) in [5.74, 6) is -3.35. The second-order valence-corrected chi connectivity index (χ2v) is 9.08. The van der Waals surface area contributed by atoms with Crippen molar-refractivity contribution >= 4 is 35.5 Å².